The van der Waals surface area contributed by atoms with E-state index >= 15 is 0 Å². The number of nitrogens with two attached hydrogens (primary N) is 1. The van der Waals surface area contributed by atoms with Gasteiger partial charge >= 0.3 is 0 Å². The van der Waals surface area contributed by atoms with Crippen LogP contribution in [0.15, 0.2) is 0 Å². The van der Waals surface area contributed by atoms with Crippen LogP contribution in [0.5, 0.6) is 0 Å². The molecule has 166 valence electrons. The van der Waals surface area contributed by atoms with E-state index in [9.17, 15) is 20.1 Å². The van der Waals surface area contributed by atoms with Gasteiger partial charge in [0.25, 0.3) is 0 Å². The van der Waals surface area contributed by atoms with E-state index in [1.807, 2.05) is 0 Å². The summed E-state index contributed by atoms with van der Waals surface area (Å²) in [6, 6.07) is 0. The number of aliphatic hydroxyl groups is 3. The zero-order valence-corrected chi connectivity index (χ0v) is 18.4. The maximum atomic E-state index is 11.5. The van der Waals surface area contributed by atoms with Crippen LogP contribution in [-0.2, 0) is 4.79 Å². The number of aliphatic hydroxyl groups excluding tert-OH is 3. The molecule has 4 rings (SSSR count). The summed E-state index contributed by atoms with van der Waals surface area (Å²) < 4.78 is 0. The summed E-state index contributed by atoms with van der Waals surface area (Å²) in [5, 5.41) is 33.0. The lowest BCUT2D eigenvalue weighted by Gasteiger charge is -2.63. The van der Waals surface area contributed by atoms with Crippen molar-refractivity contribution in [1.29, 1.82) is 0 Å². The summed E-state index contributed by atoms with van der Waals surface area (Å²) in [5.41, 5.74) is 5.30. The largest absolute Gasteiger partial charge is 0.393 e. The molecular weight excluding hydrogens is 366 g/mol. The monoisotopic (exact) mass is 407 g/mol. The molecule has 0 bridgehead atoms. The van der Waals surface area contributed by atoms with Crippen LogP contribution in [0.4, 0.5) is 0 Å². The van der Waals surface area contributed by atoms with E-state index in [-0.39, 0.29) is 41.0 Å². The van der Waals surface area contributed by atoms with Gasteiger partial charge in [0.15, 0.2) is 0 Å². The van der Waals surface area contributed by atoms with E-state index in [2.05, 4.69) is 20.8 Å². The van der Waals surface area contributed by atoms with Gasteiger partial charge in [0.1, 0.15) is 0 Å². The highest BCUT2D eigenvalue weighted by atomic mass is 16.3. The van der Waals surface area contributed by atoms with E-state index in [1.54, 1.807) is 0 Å². The van der Waals surface area contributed by atoms with Crippen LogP contribution >= 0.6 is 0 Å². The highest BCUT2D eigenvalue weighted by Crippen LogP contribution is 2.68. The number of hydrogen-bond acceptors (Lipinski definition) is 4. The molecule has 0 saturated heterocycles. The van der Waals surface area contributed by atoms with Gasteiger partial charge in [-0.1, -0.05) is 20.8 Å². The van der Waals surface area contributed by atoms with E-state index in [4.69, 9.17) is 5.73 Å². The second-order valence-electron chi connectivity index (χ2n) is 11.5. The molecule has 4 fully saturated rings. The maximum Gasteiger partial charge on any atom is 0.217 e. The number of hydrogen-bond donors (Lipinski definition) is 4. The van der Waals surface area contributed by atoms with Crippen molar-refractivity contribution < 1.29 is 20.1 Å². The predicted molar refractivity (Wildman–Crippen MR) is 112 cm³/mol. The Balaban J connectivity index is 1.61. The van der Waals surface area contributed by atoms with Crippen molar-refractivity contribution in [3.63, 3.8) is 0 Å². The molecule has 1 amide bonds. The zero-order valence-electron chi connectivity index (χ0n) is 18.4. The summed E-state index contributed by atoms with van der Waals surface area (Å²) in [6.45, 7) is 6.82. The molecule has 5 N–H and O–H groups in total. The van der Waals surface area contributed by atoms with Gasteiger partial charge in [-0.3, -0.25) is 4.79 Å². The van der Waals surface area contributed by atoms with Gasteiger partial charge in [0.05, 0.1) is 18.3 Å². The summed E-state index contributed by atoms with van der Waals surface area (Å²) in [4.78, 5) is 11.3. The summed E-state index contributed by atoms with van der Waals surface area (Å²) in [6.07, 6.45) is 6.56. The van der Waals surface area contributed by atoms with Crippen LogP contribution in [0.1, 0.15) is 78.6 Å². The third-order valence-corrected chi connectivity index (χ3v) is 10.4. The molecule has 4 saturated carbocycles. The molecule has 0 aliphatic heterocycles. The van der Waals surface area contributed by atoms with Gasteiger partial charge in [-0.15, -0.1) is 0 Å². The molecule has 5 nitrogen and oxygen atoms in total. The van der Waals surface area contributed by atoms with Crippen LogP contribution in [0.25, 0.3) is 0 Å². The molecule has 3 unspecified atom stereocenters. The SMILES string of the molecule is C[C@H](CCC(N)=O)[C@H]1CCC2C3C(C[C@H](O)[C@@]21C)[C@@]1(C)CC[C@@H](O)C[C@H]1C[C@H]3O. The van der Waals surface area contributed by atoms with Gasteiger partial charge in [0.2, 0.25) is 5.91 Å². The molecule has 0 heterocycles. The number of rotatable bonds is 4. The van der Waals surface area contributed by atoms with Gasteiger partial charge in [-0.2, -0.15) is 0 Å². The topological polar surface area (TPSA) is 104 Å². The first-order valence-corrected chi connectivity index (χ1v) is 11.9. The molecule has 0 aromatic heterocycles. The molecule has 0 aromatic carbocycles. The van der Waals surface area contributed by atoms with Gasteiger partial charge in [-0.05, 0) is 97.7 Å². The second-order valence-corrected chi connectivity index (χ2v) is 11.5. The van der Waals surface area contributed by atoms with E-state index in [1.165, 1.54) is 0 Å². The summed E-state index contributed by atoms with van der Waals surface area (Å²) in [5.74, 6) is 1.72. The summed E-state index contributed by atoms with van der Waals surface area (Å²) in [7, 11) is 0. The molecule has 11 atom stereocenters. The van der Waals surface area contributed by atoms with Crippen molar-refractivity contribution in [3.8, 4) is 0 Å². The molecule has 5 heteroatoms. The second kappa shape index (κ2) is 7.49. The van der Waals surface area contributed by atoms with E-state index < -0.39 is 0 Å². The number of fused-ring (bicyclic) bond motifs is 5. The van der Waals surface area contributed by atoms with Gasteiger partial charge in [-0.25, -0.2) is 0 Å². The van der Waals surface area contributed by atoms with Crippen molar-refractivity contribution in [2.45, 2.75) is 96.9 Å². The fraction of sp³-hybridized carbons (Fsp3) is 0.958. The molecule has 4 aliphatic carbocycles. The highest BCUT2D eigenvalue weighted by Gasteiger charge is 2.65. The maximum absolute atomic E-state index is 11.5. The molecule has 0 radical (unpaired) electrons. The number of carbonyl (C=O) groups is 1. The molecule has 4 aliphatic rings. The Morgan fingerprint density at radius 3 is 2.48 bits per heavy atom. The van der Waals surface area contributed by atoms with Crippen LogP contribution in [0.3, 0.4) is 0 Å². The molecule has 29 heavy (non-hydrogen) atoms. The zero-order chi connectivity index (χ0) is 21.1. The highest BCUT2D eigenvalue weighted by molar-refractivity contribution is 5.73. The lowest BCUT2D eigenvalue weighted by atomic mass is 9.43. The van der Waals surface area contributed by atoms with Crippen molar-refractivity contribution in [1.82, 2.24) is 0 Å². The smallest absolute Gasteiger partial charge is 0.217 e. The lowest BCUT2D eigenvalue weighted by Crippen LogP contribution is -2.62. The van der Waals surface area contributed by atoms with Crippen molar-refractivity contribution in [3.05, 3.63) is 0 Å². The summed E-state index contributed by atoms with van der Waals surface area (Å²) >= 11 is 0. The Bertz CT molecular complexity index is 640. The first-order chi connectivity index (χ1) is 13.6. The number of primary amides is 1. The van der Waals surface area contributed by atoms with Gasteiger partial charge < -0.3 is 21.1 Å². The standard InChI is InChI=1S/C24H41NO4/c1-13(4-7-21(25)29)16-5-6-17-22-18(12-20(28)24(16,17)3)23(2)9-8-15(26)10-14(23)11-19(22)27/h13-20,22,26-28H,4-12H2,1-3H3,(H2,25,29)/t13-,14+,15-,16-,17?,18?,19-,20+,22?,23+,24-/m1/s1. The Kier molecular flexibility index (Phi) is 5.57. The van der Waals surface area contributed by atoms with Crippen LogP contribution in [0.2, 0.25) is 0 Å². The fourth-order valence-electron chi connectivity index (χ4n) is 8.70. The van der Waals surface area contributed by atoms with Crippen LogP contribution in [0, 0.1) is 46.3 Å². The van der Waals surface area contributed by atoms with Crippen LogP contribution < -0.4 is 5.73 Å². The minimum atomic E-state index is -0.369. The minimum absolute atomic E-state index is 0.112. The van der Waals surface area contributed by atoms with Crippen LogP contribution in [-0.4, -0.2) is 39.5 Å². The normalized spacial score (nSPS) is 52.9. The average molecular weight is 408 g/mol. The molecule has 0 spiro atoms. The quantitative estimate of drug-likeness (QED) is 0.575. The van der Waals surface area contributed by atoms with Crippen molar-refractivity contribution in [2.75, 3.05) is 0 Å². The first-order valence-electron chi connectivity index (χ1n) is 11.9. The Labute approximate surface area is 175 Å². The van der Waals surface area contributed by atoms with E-state index in [0.29, 0.717) is 36.0 Å². The minimum Gasteiger partial charge on any atom is -0.393 e. The first kappa shape index (κ1) is 21.6. The number of amides is 1. The van der Waals surface area contributed by atoms with Gasteiger partial charge in [0, 0.05) is 6.42 Å². The molecule has 0 aromatic rings. The Morgan fingerprint density at radius 2 is 1.79 bits per heavy atom. The Morgan fingerprint density at radius 1 is 1.07 bits per heavy atom. The third kappa shape index (κ3) is 3.27. The average Bonchev–Trinajstić information content (AvgIpc) is 3.01. The predicted octanol–water partition coefficient (Wildman–Crippen LogP) is 2.85. The van der Waals surface area contributed by atoms with Crippen molar-refractivity contribution >= 4 is 5.91 Å². The molecular formula is C24H41NO4. The van der Waals surface area contributed by atoms with Crippen molar-refractivity contribution in [2.24, 2.45) is 52.1 Å². The third-order valence-electron chi connectivity index (χ3n) is 10.4. The lowest BCUT2D eigenvalue weighted by molar-refractivity contribution is -0.207. The Hall–Kier alpha value is -0.650. The van der Waals surface area contributed by atoms with E-state index in [0.717, 1.165) is 51.4 Å². The number of carbonyl (C=O) groups excluding carboxylic acids is 1. The fourth-order valence-corrected chi connectivity index (χ4v) is 8.70.